The van der Waals surface area contributed by atoms with E-state index >= 15 is 0 Å². The number of nitrogens with zero attached hydrogens (tertiary/aromatic N) is 2. The summed E-state index contributed by atoms with van der Waals surface area (Å²) in [6.45, 7) is 6.35. The summed E-state index contributed by atoms with van der Waals surface area (Å²) in [6, 6.07) is 8.25. The number of rotatable bonds is 7. The van der Waals surface area contributed by atoms with Crippen molar-refractivity contribution in [1.82, 2.24) is 20.2 Å². The largest absolute Gasteiger partial charge is 0.354 e. The van der Waals surface area contributed by atoms with Crippen LogP contribution >= 0.6 is 0 Å². The average Bonchev–Trinajstić information content (AvgIpc) is 2.86. The van der Waals surface area contributed by atoms with Crippen molar-refractivity contribution in [2.45, 2.75) is 32.9 Å². The van der Waals surface area contributed by atoms with Gasteiger partial charge in [0.05, 0.1) is 17.4 Å². The minimum Gasteiger partial charge on any atom is -0.354 e. The third-order valence-corrected chi connectivity index (χ3v) is 3.27. The molecule has 0 saturated carbocycles. The highest BCUT2D eigenvalue weighted by Crippen LogP contribution is 2.11. The quantitative estimate of drug-likeness (QED) is 0.805. The summed E-state index contributed by atoms with van der Waals surface area (Å²) in [5, 5.41) is 6.21. The van der Waals surface area contributed by atoms with Gasteiger partial charge in [-0.3, -0.25) is 4.79 Å². The van der Waals surface area contributed by atoms with Gasteiger partial charge in [0.2, 0.25) is 5.91 Å². The maximum Gasteiger partial charge on any atom is 0.221 e. The van der Waals surface area contributed by atoms with Gasteiger partial charge in [-0.15, -0.1) is 0 Å². The topological polar surface area (TPSA) is 58.9 Å². The van der Waals surface area contributed by atoms with E-state index in [4.69, 9.17) is 0 Å². The molecule has 0 unspecified atom stereocenters. The first-order chi connectivity index (χ1) is 9.70. The van der Waals surface area contributed by atoms with Crippen LogP contribution < -0.4 is 10.6 Å². The van der Waals surface area contributed by atoms with Gasteiger partial charge in [0.15, 0.2) is 0 Å². The molecule has 20 heavy (non-hydrogen) atoms. The number of aromatic nitrogens is 2. The molecule has 0 fully saturated rings. The van der Waals surface area contributed by atoms with Gasteiger partial charge >= 0.3 is 0 Å². The lowest BCUT2D eigenvalue weighted by molar-refractivity contribution is -0.121. The van der Waals surface area contributed by atoms with E-state index in [0.29, 0.717) is 25.6 Å². The van der Waals surface area contributed by atoms with Crippen LogP contribution in [0, 0.1) is 0 Å². The van der Waals surface area contributed by atoms with Crippen LogP contribution in [-0.2, 0) is 11.3 Å². The SMILES string of the molecule is CCN[C@H](C)CNC(=O)CCn1cnc2ccccc21. The summed E-state index contributed by atoms with van der Waals surface area (Å²) in [4.78, 5) is 16.1. The summed E-state index contributed by atoms with van der Waals surface area (Å²) < 4.78 is 2.02. The Morgan fingerprint density at radius 1 is 1.40 bits per heavy atom. The lowest BCUT2D eigenvalue weighted by atomic mass is 10.3. The smallest absolute Gasteiger partial charge is 0.221 e. The minimum absolute atomic E-state index is 0.0764. The lowest BCUT2D eigenvalue weighted by Gasteiger charge is -2.13. The van der Waals surface area contributed by atoms with Gasteiger partial charge in [-0.2, -0.15) is 0 Å². The van der Waals surface area contributed by atoms with Crippen LogP contribution in [0.3, 0.4) is 0 Å². The van der Waals surface area contributed by atoms with Crippen molar-refractivity contribution in [3.63, 3.8) is 0 Å². The van der Waals surface area contributed by atoms with Crippen molar-refractivity contribution in [1.29, 1.82) is 0 Å². The Morgan fingerprint density at radius 3 is 3.00 bits per heavy atom. The standard InChI is InChI=1S/C15H22N4O/c1-3-16-12(2)10-17-15(20)8-9-19-11-18-13-6-4-5-7-14(13)19/h4-7,11-12,16H,3,8-10H2,1-2H3,(H,17,20)/t12-/m1/s1. The summed E-state index contributed by atoms with van der Waals surface area (Å²) in [5.41, 5.74) is 2.04. The molecule has 0 aliphatic carbocycles. The third-order valence-electron chi connectivity index (χ3n) is 3.27. The summed E-state index contributed by atoms with van der Waals surface area (Å²) in [5.74, 6) is 0.0764. The second-order valence-corrected chi connectivity index (χ2v) is 4.94. The maximum atomic E-state index is 11.8. The van der Waals surface area contributed by atoms with Gasteiger partial charge in [0.25, 0.3) is 0 Å². The summed E-state index contributed by atoms with van der Waals surface area (Å²) >= 11 is 0. The zero-order valence-electron chi connectivity index (χ0n) is 12.1. The van der Waals surface area contributed by atoms with E-state index in [9.17, 15) is 4.79 Å². The van der Waals surface area contributed by atoms with Crippen LogP contribution in [0.15, 0.2) is 30.6 Å². The maximum absolute atomic E-state index is 11.8. The van der Waals surface area contributed by atoms with Crippen LogP contribution in [-0.4, -0.2) is 34.6 Å². The highest BCUT2D eigenvalue weighted by Gasteiger charge is 2.06. The molecule has 0 bridgehead atoms. The van der Waals surface area contributed by atoms with Gasteiger partial charge in [-0.1, -0.05) is 19.1 Å². The molecule has 108 valence electrons. The predicted octanol–water partition coefficient (Wildman–Crippen LogP) is 1.54. The van der Waals surface area contributed by atoms with E-state index in [-0.39, 0.29) is 5.91 Å². The van der Waals surface area contributed by atoms with Crippen LogP contribution in [0.1, 0.15) is 20.3 Å². The number of nitrogens with one attached hydrogen (secondary N) is 2. The van der Waals surface area contributed by atoms with Crippen LogP contribution in [0.4, 0.5) is 0 Å². The number of imidazole rings is 1. The number of para-hydroxylation sites is 2. The molecule has 0 radical (unpaired) electrons. The molecule has 0 spiro atoms. The van der Waals surface area contributed by atoms with E-state index in [2.05, 4.69) is 29.5 Å². The molecule has 2 aromatic rings. The van der Waals surface area contributed by atoms with Gasteiger partial charge in [-0.25, -0.2) is 4.98 Å². The van der Waals surface area contributed by atoms with E-state index in [1.807, 2.05) is 28.8 Å². The summed E-state index contributed by atoms with van der Waals surface area (Å²) in [7, 11) is 0. The normalized spacial score (nSPS) is 12.5. The zero-order valence-corrected chi connectivity index (χ0v) is 12.1. The molecule has 2 rings (SSSR count). The first-order valence-corrected chi connectivity index (χ1v) is 7.10. The highest BCUT2D eigenvalue weighted by atomic mass is 16.1. The predicted molar refractivity (Wildman–Crippen MR) is 80.5 cm³/mol. The highest BCUT2D eigenvalue weighted by molar-refractivity contribution is 5.77. The number of hydrogen-bond acceptors (Lipinski definition) is 3. The fraction of sp³-hybridized carbons (Fsp3) is 0.467. The molecule has 1 atom stereocenters. The van der Waals surface area contributed by atoms with Crippen molar-refractivity contribution in [2.75, 3.05) is 13.1 Å². The third kappa shape index (κ3) is 3.81. The van der Waals surface area contributed by atoms with Crippen LogP contribution in [0.25, 0.3) is 11.0 Å². The molecule has 0 aliphatic heterocycles. The molecular weight excluding hydrogens is 252 g/mol. The second-order valence-electron chi connectivity index (χ2n) is 4.94. The van der Waals surface area contributed by atoms with Crippen molar-refractivity contribution < 1.29 is 4.79 Å². The first-order valence-electron chi connectivity index (χ1n) is 7.10. The molecule has 2 N–H and O–H groups in total. The first kappa shape index (κ1) is 14.5. The Labute approximate surface area is 119 Å². The molecule has 1 aromatic heterocycles. The fourth-order valence-electron chi connectivity index (χ4n) is 2.19. The lowest BCUT2D eigenvalue weighted by Crippen LogP contribution is -2.39. The van der Waals surface area contributed by atoms with Gasteiger partial charge in [0, 0.05) is 25.6 Å². The molecule has 5 heteroatoms. The summed E-state index contributed by atoms with van der Waals surface area (Å²) in [6.07, 6.45) is 2.26. The number of fused-ring (bicyclic) bond motifs is 1. The van der Waals surface area contributed by atoms with Crippen LogP contribution in [0.2, 0.25) is 0 Å². The number of benzene rings is 1. The monoisotopic (exact) mass is 274 g/mol. The molecule has 0 saturated heterocycles. The Bertz CT molecular complexity index is 564. The van der Waals surface area contributed by atoms with Crippen molar-refractivity contribution in [3.05, 3.63) is 30.6 Å². The zero-order chi connectivity index (χ0) is 14.4. The van der Waals surface area contributed by atoms with Crippen molar-refractivity contribution in [3.8, 4) is 0 Å². The van der Waals surface area contributed by atoms with Crippen molar-refractivity contribution in [2.24, 2.45) is 0 Å². The average molecular weight is 274 g/mol. The van der Waals surface area contributed by atoms with E-state index in [1.54, 1.807) is 6.33 Å². The number of aryl methyl sites for hydroxylation is 1. The molecule has 1 amide bonds. The molecule has 5 nitrogen and oxygen atoms in total. The number of amides is 1. The number of likely N-dealkylation sites (N-methyl/N-ethyl adjacent to an activating group) is 1. The van der Waals surface area contributed by atoms with Gasteiger partial charge < -0.3 is 15.2 Å². The molecule has 1 heterocycles. The molecule has 0 aliphatic rings. The van der Waals surface area contributed by atoms with E-state index in [1.165, 1.54) is 0 Å². The Kier molecular flexibility index (Phi) is 5.12. The fourth-order valence-corrected chi connectivity index (χ4v) is 2.19. The van der Waals surface area contributed by atoms with E-state index in [0.717, 1.165) is 17.6 Å². The van der Waals surface area contributed by atoms with Gasteiger partial charge in [-0.05, 0) is 25.6 Å². The number of hydrogen-bond donors (Lipinski definition) is 2. The van der Waals surface area contributed by atoms with E-state index < -0.39 is 0 Å². The molecule has 1 aromatic carbocycles. The molecular formula is C15H22N4O. The minimum atomic E-state index is 0.0764. The second kappa shape index (κ2) is 7.05. The Hall–Kier alpha value is -1.88. The Balaban J connectivity index is 1.81. The van der Waals surface area contributed by atoms with Crippen molar-refractivity contribution >= 4 is 16.9 Å². The Morgan fingerprint density at radius 2 is 2.20 bits per heavy atom. The number of carbonyl (C=O) groups is 1. The van der Waals surface area contributed by atoms with Crippen LogP contribution in [0.5, 0.6) is 0 Å². The number of carbonyl (C=O) groups excluding carboxylic acids is 1. The van der Waals surface area contributed by atoms with Gasteiger partial charge in [0.1, 0.15) is 0 Å².